The minimum atomic E-state index is 0.535. The number of hydrogen-bond acceptors (Lipinski definition) is 5. The van der Waals surface area contributed by atoms with Crippen molar-refractivity contribution in [3.8, 4) is 0 Å². The van der Waals surface area contributed by atoms with Crippen molar-refractivity contribution in [3.63, 3.8) is 0 Å². The van der Waals surface area contributed by atoms with Crippen LogP contribution < -0.4 is 0 Å². The SMILES string of the molecule is CCN=C(OC)c1cccc(C2=NCCO2)n1. The van der Waals surface area contributed by atoms with Crippen LogP contribution in [0.1, 0.15) is 18.3 Å². The van der Waals surface area contributed by atoms with Gasteiger partial charge < -0.3 is 9.47 Å². The van der Waals surface area contributed by atoms with E-state index >= 15 is 0 Å². The number of aliphatic imine (C=N–C) groups is 2. The molecule has 2 heterocycles. The molecule has 5 heteroatoms. The van der Waals surface area contributed by atoms with Gasteiger partial charge in [-0.05, 0) is 19.1 Å². The van der Waals surface area contributed by atoms with Gasteiger partial charge >= 0.3 is 0 Å². The number of methoxy groups -OCH3 is 1. The Labute approximate surface area is 100 Å². The zero-order valence-corrected chi connectivity index (χ0v) is 10.0. The number of pyridine rings is 1. The summed E-state index contributed by atoms with van der Waals surface area (Å²) in [5.41, 5.74) is 1.42. The monoisotopic (exact) mass is 233 g/mol. The zero-order chi connectivity index (χ0) is 12.1. The molecule has 17 heavy (non-hydrogen) atoms. The Hall–Kier alpha value is -1.91. The summed E-state index contributed by atoms with van der Waals surface area (Å²) in [6.45, 7) is 3.93. The van der Waals surface area contributed by atoms with Crippen LogP contribution in [-0.2, 0) is 9.47 Å². The Morgan fingerprint density at radius 2 is 2.41 bits per heavy atom. The molecule has 5 nitrogen and oxygen atoms in total. The molecule has 0 amide bonds. The smallest absolute Gasteiger partial charge is 0.235 e. The Bertz CT molecular complexity index is 455. The number of hydrogen-bond donors (Lipinski definition) is 0. The lowest BCUT2D eigenvalue weighted by molar-refractivity contribution is 0.347. The van der Waals surface area contributed by atoms with Gasteiger partial charge in [0.1, 0.15) is 18.0 Å². The maximum Gasteiger partial charge on any atom is 0.235 e. The van der Waals surface area contributed by atoms with Crippen molar-refractivity contribution in [1.82, 2.24) is 4.98 Å². The predicted molar refractivity (Wildman–Crippen MR) is 65.7 cm³/mol. The number of rotatable bonds is 3. The highest BCUT2D eigenvalue weighted by molar-refractivity contribution is 5.96. The van der Waals surface area contributed by atoms with Gasteiger partial charge in [-0.15, -0.1) is 0 Å². The van der Waals surface area contributed by atoms with Crippen LogP contribution in [0.15, 0.2) is 28.2 Å². The molecule has 0 aliphatic carbocycles. The fourth-order valence-electron chi connectivity index (χ4n) is 1.56. The average molecular weight is 233 g/mol. The Morgan fingerprint density at radius 1 is 1.53 bits per heavy atom. The first-order valence-electron chi connectivity index (χ1n) is 5.58. The Balaban J connectivity index is 2.30. The summed E-state index contributed by atoms with van der Waals surface area (Å²) in [5.74, 6) is 1.13. The molecule has 0 saturated carbocycles. The molecular weight excluding hydrogens is 218 g/mol. The molecule has 0 N–H and O–H groups in total. The van der Waals surface area contributed by atoms with Gasteiger partial charge in [-0.1, -0.05) is 6.07 Å². The van der Waals surface area contributed by atoms with Gasteiger partial charge in [-0.2, -0.15) is 0 Å². The number of aromatic nitrogens is 1. The molecule has 0 radical (unpaired) electrons. The maximum absolute atomic E-state index is 5.37. The molecule has 0 fully saturated rings. The number of ether oxygens (including phenoxy) is 2. The first-order valence-corrected chi connectivity index (χ1v) is 5.58. The van der Waals surface area contributed by atoms with E-state index in [4.69, 9.17) is 9.47 Å². The lowest BCUT2D eigenvalue weighted by atomic mass is 10.3. The van der Waals surface area contributed by atoms with Crippen molar-refractivity contribution in [2.24, 2.45) is 9.98 Å². The summed E-state index contributed by atoms with van der Waals surface area (Å²) in [6, 6.07) is 5.62. The third kappa shape index (κ3) is 2.61. The van der Waals surface area contributed by atoms with Gasteiger partial charge in [0, 0.05) is 6.54 Å². The van der Waals surface area contributed by atoms with E-state index in [2.05, 4.69) is 15.0 Å². The third-order valence-corrected chi connectivity index (χ3v) is 2.27. The second kappa shape index (κ2) is 5.43. The molecule has 0 spiro atoms. The molecule has 90 valence electrons. The summed E-state index contributed by atoms with van der Waals surface area (Å²) in [4.78, 5) is 12.9. The van der Waals surface area contributed by atoms with Crippen molar-refractivity contribution < 1.29 is 9.47 Å². The summed E-state index contributed by atoms with van der Waals surface area (Å²) >= 11 is 0. The van der Waals surface area contributed by atoms with E-state index in [9.17, 15) is 0 Å². The topological polar surface area (TPSA) is 56.1 Å². The van der Waals surface area contributed by atoms with Crippen LogP contribution in [0.25, 0.3) is 0 Å². The summed E-state index contributed by atoms with van der Waals surface area (Å²) in [5, 5.41) is 0. The minimum absolute atomic E-state index is 0.535. The summed E-state index contributed by atoms with van der Waals surface area (Å²) < 4.78 is 10.6. The molecule has 0 aromatic carbocycles. The second-order valence-electron chi connectivity index (χ2n) is 3.43. The predicted octanol–water partition coefficient (Wildman–Crippen LogP) is 1.27. The van der Waals surface area contributed by atoms with Crippen molar-refractivity contribution in [2.45, 2.75) is 6.92 Å². The van der Waals surface area contributed by atoms with Gasteiger partial charge in [-0.3, -0.25) is 4.99 Å². The Morgan fingerprint density at radius 3 is 3.06 bits per heavy atom. The first kappa shape index (κ1) is 11.6. The highest BCUT2D eigenvalue weighted by Crippen LogP contribution is 2.07. The second-order valence-corrected chi connectivity index (χ2v) is 3.43. The highest BCUT2D eigenvalue weighted by atomic mass is 16.5. The fraction of sp³-hybridized carbons (Fsp3) is 0.417. The van der Waals surface area contributed by atoms with Crippen LogP contribution in [0.2, 0.25) is 0 Å². The molecule has 0 atom stereocenters. The molecule has 0 bridgehead atoms. The van der Waals surface area contributed by atoms with E-state index in [1.165, 1.54) is 0 Å². The van der Waals surface area contributed by atoms with E-state index in [0.717, 1.165) is 5.69 Å². The molecular formula is C12H15N3O2. The van der Waals surface area contributed by atoms with Crippen LogP contribution in [0, 0.1) is 0 Å². The van der Waals surface area contributed by atoms with Crippen LogP contribution in [0.4, 0.5) is 0 Å². The normalized spacial score (nSPS) is 15.4. The lowest BCUT2D eigenvalue weighted by Crippen LogP contribution is -2.11. The van der Waals surface area contributed by atoms with Crippen LogP contribution >= 0.6 is 0 Å². The van der Waals surface area contributed by atoms with Crippen molar-refractivity contribution in [2.75, 3.05) is 26.8 Å². The van der Waals surface area contributed by atoms with E-state index in [-0.39, 0.29) is 0 Å². The van der Waals surface area contributed by atoms with Crippen LogP contribution in [0.5, 0.6) is 0 Å². The van der Waals surface area contributed by atoms with Gasteiger partial charge in [0.15, 0.2) is 0 Å². The molecule has 0 unspecified atom stereocenters. The maximum atomic E-state index is 5.37. The quantitative estimate of drug-likeness (QED) is 0.583. The average Bonchev–Trinajstić information content (AvgIpc) is 2.90. The molecule has 2 rings (SSSR count). The molecule has 1 aliphatic rings. The van der Waals surface area contributed by atoms with Crippen molar-refractivity contribution >= 4 is 11.8 Å². The summed E-state index contributed by atoms with van der Waals surface area (Å²) in [7, 11) is 1.59. The molecule has 1 aromatic heterocycles. The van der Waals surface area contributed by atoms with Crippen LogP contribution in [-0.4, -0.2) is 43.6 Å². The van der Waals surface area contributed by atoms with Crippen molar-refractivity contribution in [3.05, 3.63) is 29.6 Å². The third-order valence-electron chi connectivity index (χ3n) is 2.27. The fourth-order valence-corrected chi connectivity index (χ4v) is 1.56. The standard InChI is InChI=1S/C12H15N3O2/c1-3-13-11(16-2)9-5-4-6-10(15-9)12-14-7-8-17-12/h4-6H,3,7-8H2,1-2H3. The highest BCUT2D eigenvalue weighted by Gasteiger charge is 2.13. The van der Waals surface area contributed by atoms with Crippen LogP contribution in [0.3, 0.4) is 0 Å². The number of nitrogens with zero attached hydrogens (tertiary/aromatic N) is 3. The van der Waals surface area contributed by atoms with E-state index in [0.29, 0.717) is 37.2 Å². The zero-order valence-electron chi connectivity index (χ0n) is 10.0. The van der Waals surface area contributed by atoms with E-state index < -0.39 is 0 Å². The van der Waals surface area contributed by atoms with Gasteiger partial charge in [0.05, 0.1) is 13.7 Å². The largest absolute Gasteiger partial charge is 0.480 e. The molecule has 1 aromatic rings. The Kier molecular flexibility index (Phi) is 3.69. The van der Waals surface area contributed by atoms with Crippen molar-refractivity contribution in [1.29, 1.82) is 0 Å². The first-order chi connectivity index (χ1) is 8.35. The lowest BCUT2D eigenvalue weighted by Gasteiger charge is -2.06. The molecule has 1 aliphatic heterocycles. The van der Waals surface area contributed by atoms with Gasteiger partial charge in [-0.25, -0.2) is 9.98 Å². The van der Waals surface area contributed by atoms with E-state index in [1.54, 1.807) is 7.11 Å². The van der Waals surface area contributed by atoms with E-state index in [1.807, 2.05) is 25.1 Å². The summed E-state index contributed by atoms with van der Waals surface area (Å²) in [6.07, 6.45) is 0. The van der Waals surface area contributed by atoms with Gasteiger partial charge in [0.25, 0.3) is 0 Å². The molecule has 0 saturated heterocycles. The minimum Gasteiger partial charge on any atom is -0.480 e. The van der Waals surface area contributed by atoms with Gasteiger partial charge in [0.2, 0.25) is 11.8 Å².